The highest BCUT2D eigenvalue weighted by Crippen LogP contribution is 2.39. The van der Waals surface area contributed by atoms with Gasteiger partial charge in [-0.1, -0.05) is 24.8 Å². The van der Waals surface area contributed by atoms with E-state index < -0.39 is 0 Å². The fourth-order valence-electron chi connectivity index (χ4n) is 2.54. The topological polar surface area (TPSA) is 0 Å². The summed E-state index contributed by atoms with van der Waals surface area (Å²) in [6.07, 6.45) is 3.31. The van der Waals surface area contributed by atoms with E-state index >= 15 is 0 Å². The Hall–Kier alpha value is -1.60. The molecule has 3 rings (SSSR count). The molecule has 1 aromatic heterocycles. The van der Waals surface area contributed by atoms with Crippen LogP contribution in [0.4, 0.5) is 0 Å². The van der Waals surface area contributed by atoms with Gasteiger partial charge in [0.15, 0.2) is 0 Å². The number of allylic oxidation sites excluding steroid dienone is 2. The van der Waals surface area contributed by atoms with Gasteiger partial charge < -0.3 is 0 Å². The first-order valence-corrected chi connectivity index (χ1v) is 7.07. The zero-order valence-electron chi connectivity index (χ0n) is 10.8. The van der Waals surface area contributed by atoms with Crippen molar-refractivity contribution >= 4 is 23.0 Å². The molecule has 0 N–H and O–H groups in total. The maximum absolute atomic E-state index is 4.26. The first kappa shape index (κ1) is 11.5. The van der Waals surface area contributed by atoms with Gasteiger partial charge >= 0.3 is 0 Å². The third-order valence-corrected chi connectivity index (χ3v) is 4.63. The van der Waals surface area contributed by atoms with Gasteiger partial charge in [0.2, 0.25) is 0 Å². The van der Waals surface area contributed by atoms with Gasteiger partial charge in [0, 0.05) is 4.88 Å². The summed E-state index contributed by atoms with van der Waals surface area (Å²) in [4.78, 5) is 1.31. The molecule has 0 nitrogen and oxygen atoms in total. The Morgan fingerprint density at radius 2 is 2.06 bits per heavy atom. The highest BCUT2D eigenvalue weighted by atomic mass is 32.1. The number of hydrogen-bond donors (Lipinski definition) is 0. The summed E-state index contributed by atoms with van der Waals surface area (Å²) in [5, 5.41) is 2.12. The molecular formula is C17H16S. The summed E-state index contributed by atoms with van der Waals surface area (Å²) in [5.41, 5.74) is 8.15. The molecule has 0 amide bonds. The largest absolute Gasteiger partial charge is 0.144 e. The Labute approximate surface area is 112 Å². The van der Waals surface area contributed by atoms with E-state index in [1.165, 1.54) is 38.3 Å². The van der Waals surface area contributed by atoms with Crippen molar-refractivity contribution in [2.24, 2.45) is 0 Å². The van der Waals surface area contributed by atoms with Crippen LogP contribution in [0.1, 0.15) is 27.1 Å². The second-order valence-electron chi connectivity index (χ2n) is 4.87. The van der Waals surface area contributed by atoms with Crippen LogP contribution in [-0.2, 0) is 6.42 Å². The molecule has 1 heterocycles. The van der Waals surface area contributed by atoms with Crippen LogP contribution < -0.4 is 0 Å². The lowest BCUT2D eigenvalue weighted by molar-refractivity contribution is 1.19. The quantitative estimate of drug-likeness (QED) is 0.668. The van der Waals surface area contributed by atoms with Gasteiger partial charge in [-0.05, 0) is 71.2 Å². The molecule has 1 aliphatic rings. The molecule has 2 aromatic rings. The van der Waals surface area contributed by atoms with Gasteiger partial charge in [-0.15, -0.1) is 11.3 Å². The van der Waals surface area contributed by atoms with Crippen LogP contribution >= 0.6 is 11.3 Å². The number of aryl methyl sites for hydroxylation is 1. The molecule has 1 heteroatoms. The summed E-state index contributed by atoms with van der Waals surface area (Å²) in [7, 11) is 0. The summed E-state index contributed by atoms with van der Waals surface area (Å²) in [5.74, 6) is 0. The minimum atomic E-state index is 1.03. The highest BCUT2D eigenvalue weighted by molar-refractivity contribution is 7.10. The Bertz CT molecular complexity index is 642. The SMILES string of the molecule is C=C1/C(=C/c2cccs2)Cc2c1ccc(C)c2C. The maximum Gasteiger partial charge on any atom is 0.0273 e. The van der Waals surface area contributed by atoms with Crippen LogP contribution in [0.3, 0.4) is 0 Å². The van der Waals surface area contributed by atoms with Crippen molar-refractivity contribution in [1.29, 1.82) is 0 Å². The maximum atomic E-state index is 4.26. The standard InChI is InChI=1S/C17H16S/c1-11-6-7-16-13(3)14(10-17(16)12(11)2)9-15-5-4-8-18-15/h4-9H,3,10H2,1-2H3/b14-9+. The van der Waals surface area contributed by atoms with Crippen molar-refractivity contribution < 1.29 is 0 Å². The van der Waals surface area contributed by atoms with Crippen LogP contribution in [0.25, 0.3) is 11.6 Å². The Kier molecular flexibility index (Phi) is 2.71. The van der Waals surface area contributed by atoms with Gasteiger partial charge in [0.1, 0.15) is 0 Å². The first-order valence-electron chi connectivity index (χ1n) is 6.19. The Morgan fingerprint density at radius 3 is 2.78 bits per heavy atom. The first-order chi connectivity index (χ1) is 8.66. The number of fused-ring (bicyclic) bond motifs is 1. The van der Waals surface area contributed by atoms with Gasteiger partial charge in [0.05, 0.1) is 0 Å². The van der Waals surface area contributed by atoms with Crippen LogP contribution in [0.15, 0.2) is 41.8 Å². The third-order valence-electron chi connectivity index (χ3n) is 3.81. The zero-order valence-corrected chi connectivity index (χ0v) is 11.6. The van der Waals surface area contributed by atoms with Crippen molar-refractivity contribution in [3.8, 4) is 0 Å². The third kappa shape index (κ3) is 1.75. The molecule has 0 atom stereocenters. The van der Waals surface area contributed by atoms with E-state index in [0.717, 1.165) is 6.42 Å². The van der Waals surface area contributed by atoms with Crippen LogP contribution in [0.2, 0.25) is 0 Å². The van der Waals surface area contributed by atoms with E-state index in [-0.39, 0.29) is 0 Å². The molecule has 0 saturated carbocycles. The van der Waals surface area contributed by atoms with Crippen molar-refractivity contribution in [2.75, 3.05) is 0 Å². The second-order valence-corrected chi connectivity index (χ2v) is 5.85. The summed E-state index contributed by atoms with van der Waals surface area (Å²) in [6, 6.07) is 8.67. The number of rotatable bonds is 1. The molecular weight excluding hydrogens is 236 g/mol. The van der Waals surface area contributed by atoms with Crippen molar-refractivity contribution in [3.63, 3.8) is 0 Å². The number of hydrogen-bond acceptors (Lipinski definition) is 1. The highest BCUT2D eigenvalue weighted by Gasteiger charge is 2.21. The van der Waals surface area contributed by atoms with Crippen molar-refractivity contribution in [1.82, 2.24) is 0 Å². The summed E-state index contributed by atoms with van der Waals surface area (Å²) < 4.78 is 0. The van der Waals surface area contributed by atoms with E-state index in [9.17, 15) is 0 Å². The average molecular weight is 252 g/mol. The van der Waals surface area contributed by atoms with Gasteiger partial charge in [-0.3, -0.25) is 0 Å². The van der Waals surface area contributed by atoms with E-state index in [0.29, 0.717) is 0 Å². The Morgan fingerprint density at radius 1 is 1.22 bits per heavy atom. The van der Waals surface area contributed by atoms with Gasteiger partial charge in [0.25, 0.3) is 0 Å². The fraction of sp³-hybridized carbons (Fsp3) is 0.176. The van der Waals surface area contributed by atoms with E-state index in [1.807, 2.05) is 0 Å². The lowest BCUT2D eigenvalue weighted by Gasteiger charge is -2.06. The second kappa shape index (κ2) is 4.25. The minimum Gasteiger partial charge on any atom is -0.144 e. The molecule has 0 unspecified atom stereocenters. The van der Waals surface area contributed by atoms with Crippen LogP contribution in [-0.4, -0.2) is 0 Å². The lowest BCUT2D eigenvalue weighted by Crippen LogP contribution is -1.90. The smallest absolute Gasteiger partial charge is 0.0273 e. The number of thiophene rings is 1. The molecule has 18 heavy (non-hydrogen) atoms. The van der Waals surface area contributed by atoms with E-state index in [2.05, 4.69) is 56.1 Å². The summed E-state index contributed by atoms with van der Waals surface area (Å²) in [6.45, 7) is 8.66. The minimum absolute atomic E-state index is 1.03. The predicted molar refractivity (Wildman–Crippen MR) is 81.0 cm³/mol. The van der Waals surface area contributed by atoms with E-state index in [1.54, 1.807) is 11.3 Å². The molecule has 0 saturated heterocycles. The molecule has 0 bridgehead atoms. The normalized spacial score (nSPS) is 16.3. The molecule has 0 radical (unpaired) electrons. The van der Waals surface area contributed by atoms with Crippen LogP contribution in [0.5, 0.6) is 0 Å². The zero-order chi connectivity index (χ0) is 12.7. The molecule has 0 spiro atoms. The van der Waals surface area contributed by atoms with Crippen molar-refractivity contribution in [3.05, 3.63) is 68.9 Å². The molecule has 0 fully saturated rings. The van der Waals surface area contributed by atoms with Gasteiger partial charge in [-0.2, -0.15) is 0 Å². The summed E-state index contributed by atoms with van der Waals surface area (Å²) >= 11 is 1.78. The van der Waals surface area contributed by atoms with E-state index in [4.69, 9.17) is 0 Å². The molecule has 1 aliphatic carbocycles. The van der Waals surface area contributed by atoms with Crippen molar-refractivity contribution in [2.45, 2.75) is 20.3 Å². The lowest BCUT2D eigenvalue weighted by atomic mass is 9.99. The molecule has 0 aliphatic heterocycles. The predicted octanol–water partition coefficient (Wildman–Crippen LogP) is 5.02. The fourth-order valence-corrected chi connectivity index (χ4v) is 3.22. The molecule has 90 valence electrons. The van der Waals surface area contributed by atoms with Crippen LogP contribution in [0, 0.1) is 13.8 Å². The monoisotopic (exact) mass is 252 g/mol. The molecule has 1 aromatic carbocycles. The average Bonchev–Trinajstić information content (AvgIpc) is 2.95. The Balaban J connectivity index is 2.07. The van der Waals surface area contributed by atoms with Gasteiger partial charge in [-0.25, -0.2) is 0 Å². The number of benzene rings is 1.